The molecule has 26 heavy (non-hydrogen) atoms. The van der Waals surface area contributed by atoms with E-state index < -0.39 is 0 Å². The number of nitrogens with zero attached hydrogens (tertiary/aromatic N) is 2. The topological polar surface area (TPSA) is 54.5 Å². The number of carbonyl (C=O) groups excluding carboxylic acids is 1. The number of aromatic nitrogens is 1. The molecule has 0 saturated carbocycles. The Hall–Kier alpha value is -2.92. The molecule has 1 aliphatic heterocycles. The average molecular weight is 347 g/mol. The molecule has 1 fully saturated rings. The summed E-state index contributed by atoms with van der Waals surface area (Å²) in [6, 6.07) is 19.4. The highest BCUT2D eigenvalue weighted by atomic mass is 16.5. The van der Waals surface area contributed by atoms with Gasteiger partial charge in [0.25, 0.3) is 5.91 Å². The average Bonchev–Trinajstić information content (AvgIpc) is 2.73. The van der Waals surface area contributed by atoms with Gasteiger partial charge < -0.3 is 15.0 Å². The Morgan fingerprint density at radius 3 is 2.81 bits per heavy atom. The van der Waals surface area contributed by atoms with Crippen LogP contribution >= 0.6 is 0 Å². The van der Waals surface area contributed by atoms with Crippen LogP contribution in [0.25, 0.3) is 10.9 Å². The quantitative estimate of drug-likeness (QED) is 0.791. The first-order valence-corrected chi connectivity index (χ1v) is 8.78. The summed E-state index contributed by atoms with van der Waals surface area (Å²) in [4.78, 5) is 19.7. The summed E-state index contributed by atoms with van der Waals surface area (Å²) in [7, 11) is 1.66. The second-order valence-electron chi connectivity index (χ2n) is 6.35. The van der Waals surface area contributed by atoms with Crippen molar-refractivity contribution < 1.29 is 9.53 Å². The lowest BCUT2D eigenvalue weighted by Crippen LogP contribution is -2.49. The molecule has 5 nitrogen and oxygen atoms in total. The maximum absolute atomic E-state index is 13.2. The number of para-hydroxylation sites is 2. The number of ether oxygens (including phenoxy) is 1. The third-order valence-corrected chi connectivity index (χ3v) is 4.82. The minimum absolute atomic E-state index is 0.0480. The fourth-order valence-electron chi connectivity index (χ4n) is 3.50. The first kappa shape index (κ1) is 16.5. The monoisotopic (exact) mass is 347 g/mol. The van der Waals surface area contributed by atoms with Crippen LogP contribution < -0.4 is 10.1 Å². The van der Waals surface area contributed by atoms with Crippen molar-refractivity contribution in [3.8, 4) is 5.75 Å². The number of hydrogen-bond acceptors (Lipinski definition) is 4. The van der Waals surface area contributed by atoms with Gasteiger partial charge in [-0.05, 0) is 18.2 Å². The Bertz CT molecular complexity index is 941. The number of piperazine rings is 1. The largest absolute Gasteiger partial charge is 0.496 e. The van der Waals surface area contributed by atoms with Gasteiger partial charge in [-0.15, -0.1) is 0 Å². The maximum atomic E-state index is 13.2. The molecular weight excluding hydrogens is 326 g/mol. The zero-order valence-corrected chi connectivity index (χ0v) is 14.7. The van der Waals surface area contributed by atoms with Crippen molar-refractivity contribution in [2.75, 3.05) is 26.7 Å². The van der Waals surface area contributed by atoms with Gasteiger partial charge in [-0.1, -0.05) is 42.5 Å². The fourth-order valence-corrected chi connectivity index (χ4v) is 3.50. The Morgan fingerprint density at radius 2 is 1.92 bits per heavy atom. The molecule has 132 valence electrons. The number of hydrogen-bond donors (Lipinski definition) is 1. The molecule has 1 atom stereocenters. The summed E-state index contributed by atoms with van der Waals surface area (Å²) in [5.74, 6) is 0.749. The van der Waals surface area contributed by atoms with Gasteiger partial charge in [-0.2, -0.15) is 0 Å². The maximum Gasteiger partial charge on any atom is 0.273 e. The zero-order valence-electron chi connectivity index (χ0n) is 14.7. The molecule has 5 heteroatoms. The van der Waals surface area contributed by atoms with Crippen LogP contribution in [0.1, 0.15) is 22.1 Å². The number of fused-ring (bicyclic) bond motifs is 1. The summed E-state index contributed by atoms with van der Waals surface area (Å²) in [5.41, 5.74) is 2.32. The van der Waals surface area contributed by atoms with E-state index in [4.69, 9.17) is 4.74 Å². The van der Waals surface area contributed by atoms with E-state index in [9.17, 15) is 4.79 Å². The minimum Gasteiger partial charge on any atom is -0.496 e. The van der Waals surface area contributed by atoms with Crippen molar-refractivity contribution in [1.82, 2.24) is 15.2 Å². The van der Waals surface area contributed by atoms with E-state index >= 15 is 0 Å². The van der Waals surface area contributed by atoms with Crippen LogP contribution in [0.3, 0.4) is 0 Å². The van der Waals surface area contributed by atoms with E-state index in [0.717, 1.165) is 28.8 Å². The van der Waals surface area contributed by atoms with E-state index in [0.29, 0.717) is 18.8 Å². The van der Waals surface area contributed by atoms with Crippen molar-refractivity contribution >= 4 is 16.8 Å². The van der Waals surface area contributed by atoms with Crippen LogP contribution in [0.5, 0.6) is 5.75 Å². The van der Waals surface area contributed by atoms with Gasteiger partial charge in [-0.3, -0.25) is 4.79 Å². The van der Waals surface area contributed by atoms with Crippen LogP contribution in [-0.4, -0.2) is 42.5 Å². The lowest BCUT2D eigenvalue weighted by molar-refractivity contribution is 0.0626. The predicted octanol–water partition coefficient (Wildman–Crippen LogP) is 3.03. The van der Waals surface area contributed by atoms with Crippen LogP contribution in [0.15, 0.2) is 60.7 Å². The molecular formula is C21H21N3O2. The predicted molar refractivity (Wildman–Crippen MR) is 101 cm³/mol. The summed E-state index contributed by atoms with van der Waals surface area (Å²) in [6.07, 6.45) is 0. The summed E-state index contributed by atoms with van der Waals surface area (Å²) in [6.45, 7) is 2.10. The number of carbonyl (C=O) groups is 1. The number of pyridine rings is 1. The standard InChI is InChI=1S/C21H21N3O2/c1-26-20-9-5-3-7-16(20)19-14-22-12-13-24(19)21(25)18-11-10-15-6-2-4-8-17(15)23-18/h2-11,19,22H,12-14H2,1H3. The zero-order chi connectivity index (χ0) is 17.9. The van der Waals surface area contributed by atoms with Crippen molar-refractivity contribution in [2.24, 2.45) is 0 Å². The molecule has 1 N–H and O–H groups in total. The Balaban J connectivity index is 1.69. The Kier molecular flexibility index (Phi) is 4.54. The molecule has 0 radical (unpaired) electrons. The molecule has 1 unspecified atom stereocenters. The van der Waals surface area contributed by atoms with E-state index in [1.807, 2.05) is 65.6 Å². The smallest absolute Gasteiger partial charge is 0.273 e. The molecule has 0 spiro atoms. The van der Waals surface area contributed by atoms with Gasteiger partial charge in [-0.25, -0.2) is 4.98 Å². The van der Waals surface area contributed by atoms with Crippen LogP contribution in [0.4, 0.5) is 0 Å². The molecule has 0 bridgehead atoms. The Labute approximate surface area is 152 Å². The van der Waals surface area contributed by atoms with E-state index in [2.05, 4.69) is 10.3 Å². The first-order valence-electron chi connectivity index (χ1n) is 8.78. The molecule has 3 aromatic rings. The molecule has 0 aliphatic carbocycles. The normalized spacial score (nSPS) is 17.3. The number of nitrogens with one attached hydrogen (secondary N) is 1. The summed E-state index contributed by atoms with van der Waals surface area (Å²) < 4.78 is 5.51. The molecule has 2 aromatic carbocycles. The van der Waals surface area contributed by atoms with Gasteiger partial charge in [0.05, 0.1) is 18.7 Å². The van der Waals surface area contributed by atoms with Crippen molar-refractivity contribution in [3.05, 3.63) is 71.9 Å². The van der Waals surface area contributed by atoms with E-state index in [1.165, 1.54) is 0 Å². The number of methoxy groups -OCH3 is 1. The van der Waals surface area contributed by atoms with Crippen molar-refractivity contribution in [2.45, 2.75) is 6.04 Å². The summed E-state index contributed by atoms with van der Waals surface area (Å²) >= 11 is 0. The SMILES string of the molecule is COc1ccccc1C1CNCCN1C(=O)c1ccc2ccccc2n1. The third kappa shape index (κ3) is 3.02. The van der Waals surface area contributed by atoms with Gasteiger partial charge in [0.1, 0.15) is 11.4 Å². The van der Waals surface area contributed by atoms with Gasteiger partial charge in [0.15, 0.2) is 0 Å². The highest BCUT2D eigenvalue weighted by molar-refractivity contribution is 5.95. The number of benzene rings is 2. The van der Waals surface area contributed by atoms with Gasteiger partial charge >= 0.3 is 0 Å². The van der Waals surface area contributed by atoms with Gasteiger partial charge in [0, 0.05) is 30.6 Å². The number of rotatable bonds is 3. The number of amides is 1. The molecule has 4 rings (SSSR count). The molecule has 1 aromatic heterocycles. The molecule has 2 heterocycles. The van der Waals surface area contributed by atoms with Crippen molar-refractivity contribution in [3.63, 3.8) is 0 Å². The minimum atomic E-state index is -0.0827. The van der Waals surface area contributed by atoms with Crippen LogP contribution in [-0.2, 0) is 0 Å². The first-order chi connectivity index (χ1) is 12.8. The Morgan fingerprint density at radius 1 is 1.12 bits per heavy atom. The van der Waals surface area contributed by atoms with E-state index in [1.54, 1.807) is 7.11 Å². The lowest BCUT2D eigenvalue weighted by atomic mass is 10.0. The fraction of sp³-hybridized carbons (Fsp3) is 0.238. The second-order valence-corrected chi connectivity index (χ2v) is 6.35. The molecule has 1 aliphatic rings. The summed E-state index contributed by atoms with van der Waals surface area (Å²) in [5, 5.41) is 4.41. The van der Waals surface area contributed by atoms with Gasteiger partial charge in [0.2, 0.25) is 0 Å². The lowest BCUT2D eigenvalue weighted by Gasteiger charge is -2.37. The highest BCUT2D eigenvalue weighted by Crippen LogP contribution is 2.31. The third-order valence-electron chi connectivity index (χ3n) is 4.82. The van der Waals surface area contributed by atoms with Crippen LogP contribution in [0.2, 0.25) is 0 Å². The van der Waals surface area contributed by atoms with Crippen molar-refractivity contribution in [1.29, 1.82) is 0 Å². The molecule has 1 saturated heterocycles. The molecule has 1 amide bonds. The van der Waals surface area contributed by atoms with Crippen LogP contribution in [0, 0.1) is 0 Å². The van der Waals surface area contributed by atoms with E-state index in [-0.39, 0.29) is 11.9 Å². The second kappa shape index (κ2) is 7.14. The highest BCUT2D eigenvalue weighted by Gasteiger charge is 2.31.